The van der Waals surface area contributed by atoms with Crippen LogP contribution in [0, 0.1) is 5.82 Å². The molecule has 1 saturated heterocycles. The number of hydrogen-bond donors (Lipinski definition) is 2. The molecule has 0 bridgehead atoms. The number of thioether (sulfide) groups is 1. The lowest BCUT2D eigenvalue weighted by Gasteiger charge is -2.16. The second kappa shape index (κ2) is 4.63. The molecule has 0 amide bonds. The first-order chi connectivity index (χ1) is 7.99. The van der Waals surface area contributed by atoms with Crippen LogP contribution in [0.2, 0.25) is 0 Å². The highest BCUT2D eigenvalue weighted by Gasteiger charge is 2.31. The molecule has 1 aliphatic rings. The van der Waals surface area contributed by atoms with Gasteiger partial charge in [-0.05, 0) is 6.92 Å². The van der Waals surface area contributed by atoms with Gasteiger partial charge in [-0.25, -0.2) is 9.18 Å². The molecule has 0 saturated carbocycles. The Bertz CT molecular complexity index is 479. The monoisotopic (exact) mass is 261 g/mol. The minimum Gasteiger partial charge on any atom is -0.390 e. The van der Waals surface area contributed by atoms with Gasteiger partial charge in [0.2, 0.25) is 0 Å². The van der Waals surface area contributed by atoms with Crippen molar-refractivity contribution in [1.29, 1.82) is 0 Å². The summed E-state index contributed by atoms with van der Waals surface area (Å²) in [5, 5.41) is 9.34. The van der Waals surface area contributed by atoms with Gasteiger partial charge < -0.3 is 15.6 Å². The third kappa shape index (κ3) is 2.43. The van der Waals surface area contributed by atoms with E-state index in [0.717, 1.165) is 10.8 Å². The van der Waals surface area contributed by atoms with E-state index in [9.17, 15) is 14.3 Å². The maximum Gasteiger partial charge on any atom is 0.351 e. The van der Waals surface area contributed by atoms with Crippen LogP contribution in [0.5, 0.6) is 0 Å². The Balaban J connectivity index is 2.25. The standard InChI is InChI=1S/C9H12FN3O3S/c1-4(14)8-16-6(3-17-8)13-2-5(10)7(11)12-9(13)15/h2,4,6,8,14H,3H2,1H3,(H2,11,12,15)/t4?,6-,8+/m1/s1. The van der Waals surface area contributed by atoms with Gasteiger partial charge in [0, 0.05) is 5.75 Å². The second-order valence-electron chi connectivity index (χ2n) is 3.70. The quantitative estimate of drug-likeness (QED) is 0.774. The molecule has 2 rings (SSSR count). The fourth-order valence-corrected chi connectivity index (χ4v) is 2.55. The van der Waals surface area contributed by atoms with E-state index in [1.54, 1.807) is 6.92 Å². The molecule has 1 fully saturated rings. The summed E-state index contributed by atoms with van der Waals surface area (Å²) in [6, 6.07) is 0. The number of aliphatic hydroxyl groups excluding tert-OH is 1. The lowest BCUT2D eigenvalue weighted by atomic mass is 10.4. The molecule has 0 aromatic carbocycles. The Kier molecular flexibility index (Phi) is 3.36. The van der Waals surface area contributed by atoms with Crippen molar-refractivity contribution < 1.29 is 14.2 Å². The van der Waals surface area contributed by atoms with Gasteiger partial charge in [0.05, 0.1) is 12.3 Å². The van der Waals surface area contributed by atoms with Crippen LogP contribution in [0.15, 0.2) is 11.0 Å². The predicted octanol–water partition coefficient (Wildman–Crippen LogP) is -0.0665. The van der Waals surface area contributed by atoms with E-state index >= 15 is 0 Å². The molecule has 1 aromatic rings. The van der Waals surface area contributed by atoms with Crippen LogP contribution in [-0.2, 0) is 4.74 Å². The summed E-state index contributed by atoms with van der Waals surface area (Å²) in [5.41, 5.74) is 4.09. The molecule has 0 spiro atoms. The fourth-order valence-electron chi connectivity index (χ4n) is 1.47. The first kappa shape index (κ1) is 12.3. The van der Waals surface area contributed by atoms with E-state index in [0.29, 0.717) is 5.75 Å². The lowest BCUT2D eigenvalue weighted by molar-refractivity contribution is -0.0345. The Labute approximate surface area is 101 Å². The van der Waals surface area contributed by atoms with Crippen molar-refractivity contribution in [3.8, 4) is 0 Å². The Morgan fingerprint density at radius 1 is 1.82 bits per heavy atom. The molecule has 17 heavy (non-hydrogen) atoms. The highest BCUT2D eigenvalue weighted by Crippen LogP contribution is 2.32. The summed E-state index contributed by atoms with van der Waals surface area (Å²) in [6.07, 6.45) is -0.317. The fraction of sp³-hybridized carbons (Fsp3) is 0.556. The average molecular weight is 261 g/mol. The summed E-state index contributed by atoms with van der Waals surface area (Å²) >= 11 is 1.36. The van der Waals surface area contributed by atoms with Gasteiger partial charge in [-0.2, -0.15) is 4.98 Å². The molecule has 1 aromatic heterocycles. The highest BCUT2D eigenvalue weighted by molar-refractivity contribution is 8.00. The van der Waals surface area contributed by atoms with Gasteiger partial charge in [0.25, 0.3) is 0 Å². The van der Waals surface area contributed by atoms with E-state index < -0.39 is 35.1 Å². The average Bonchev–Trinajstić information content (AvgIpc) is 2.72. The van der Waals surface area contributed by atoms with E-state index in [1.807, 2.05) is 0 Å². The third-order valence-electron chi connectivity index (χ3n) is 2.33. The number of halogens is 1. The molecule has 6 nitrogen and oxygen atoms in total. The van der Waals surface area contributed by atoms with Crippen LogP contribution in [-0.4, -0.2) is 32.0 Å². The van der Waals surface area contributed by atoms with Gasteiger partial charge in [-0.1, -0.05) is 0 Å². The van der Waals surface area contributed by atoms with E-state index in [4.69, 9.17) is 10.5 Å². The number of anilines is 1. The van der Waals surface area contributed by atoms with Crippen LogP contribution < -0.4 is 11.4 Å². The predicted molar refractivity (Wildman–Crippen MR) is 60.9 cm³/mol. The smallest absolute Gasteiger partial charge is 0.351 e. The van der Waals surface area contributed by atoms with Crippen molar-refractivity contribution in [3.63, 3.8) is 0 Å². The minimum atomic E-state index is -0.765. The first-order valence-corrected chi connectivity index (χ1v) is 6.03. The van der Waals surface area contributed by atoms with Crippen molar-refractivity contribution in [3.05, 3.63) is 22.5 Å². The van der Waals surface area contributed by atoms with Crippen molar-refractivity contribution in [2.45, 2.75) is 24.7 Å². The summed E-state index contributed by atoms with van der Waals surface area (Å²) in [6.45, 7) is 1.59. The van der Waals surface area contributed by atoms with E-state index in [-0.39, 0.29) is 0 Å². The third-order valence-corrected chi connectivity index (χ3v) is 3.64. The van der Waals surface area contributed by atoms with Gasteiger partial charge in [0.15, 0.2) is 11.6 Å². The highest BCUT2D eigenvalue weighted by atomic mass is 32.2. The van der Waals surface area contributed by atoms with E-state index in [1.165, 1.54) is 11.8 Å². The molecule has 3 atom stereocenters. The number of nitrogens with two attached hydrogens (primary N) is 1. The maximum absolute atomic E-state index is 13.2. The van der Waals surface area contributed by atoms with Crippen molar-refractivity contribution in [2.24, 2.45) is 0 Å². The molecule has 8 heteroatoms. The number of aromatic nitrogens is 2. The van der Waals surface area contributed by atoms with E-state index in [2.05, 4.69) is 4.98 Å². The molecular formula is C9H12FN3O3S. The second-order valence-corrected chi connectivity index (χ2v) is 4.83. The normalized spacial score (nSPS) is 26.1. The molecular weight excluding hydrogens is 249 g/mol. The SMILES string of the molecule is CC(O)[C@H]1O[C@@H](n2cc(F)c(N)nc2=O)CS1. The van der Waals surface area contributed by atoms with Crippen molar-refractivity contribution in [2.75, 3.05) is 11.5 Å². The molecule has 0 aliphatic carbocycles. The Morgan fingerprint density at radius 3 is 3.12 bits per heavy atom. The minimum absolute atomic E-state index is 0.424. The van der Waals surface area contributed by atoms with Crippen molar-refractivity contribution >= 4 is 17.6 Å². The lowest BCUT2D eigenvalue weighted by Crippen LogP contribution is -2.30. The molecule has 1 aliphatic heterocycles. The number of hydrogen-bond acceptors (Lipinski definition) is 6. The number of rotatable bonds is 2. The van der Waals surface area contributed by atoms with Gasteiger partial charge in [0.1, 0.15) is 11.7 Å². The van der Waals surface area contributed by atoms with Gasteiger partial charge >= 0.3 is 5.69 Å². The number of nitrogen functional groups attached to an aromatic ring is 1. The number of nitrogens with zero attached hydrogens (tertiary/aromatic N) is 2. The van der Waals surface area contributed by atoms with Crippen LogP contribution in [0.3, 0.4) is 0 Å². The topological polar surface area (TPSA) is 90.4 Å². The van der Waals surface area contributed by atoms with Crippen LogP contribution in [0.25, 0.3) is 0 Å². The Hall–Kier alpha value is -1.12. The summed E-state index contributed by atoms with van der Waals surface area (Å²) in [7, 11) is 0. The van der Waals surface area contributed by atoms with Crippen molar-refractivity contribution in [1.82, 2.24) is 9.55 Å². The summed E-state index contributed by atoms with van der Waals surface area (Å²) in [4.78, 5) is 14.9. The molecule has 3 N–H and O–H groups in total. The zero-order valence-electron chi connectivity index (χ0n) is 9.04. The summed E-state index contributed by atoms with van der Waals surface area (Å²) < 4.78 is 19.7. The van der Waals surface area contributed by atoms with Crippen LogP contribution in [0.4, 0.5) is 10.2 Å². The molecule has 0 radical (unpaired) electrons. The first-order valence-electron chi connectivity index (χ1n) is 4.98. The van der Waals surface area contributed by atoms with Gasteiger partial charge in [-0.3, -0.25) is 4.57 Å². The van der Waals surface area contributed by atoms with Crippen LogP contribution >= 0.6 is 11.8 Å². The molecule has 94 valence electrons. The van der Waals surface area contributed by atoms with Crippen LogP contribution in [0.1, 0.15) is 13.2 Å². The largest absolute Gasteiger partial charge is 0.390 e. The number of aliphatic hydroxyl groups is 1. The zero-order chi connectivity index (χ0) is 12.6. The zero-order valence-corrected chi connectivity index (χ0v) is 9.85. The molecule has 1 unspecified atom stereocenters. The Morgan fingerprint density at radius 2 is 2.53 bits per heavy atom. The van der Waals surface area contributed by atoms with Gasteiger partial charge in [-0.15, -0.1) is 11.8 Å². The molecule has 2 heterocycles. The number of ether oxygens (including phenoxy) is 1. The maximum atomic E-state index is 13.2. The summed E-state index contributed by atoms with van der Waals surface area (Å²) in [5.74, 6) is -0.747.